The quantitative estimate of drug-likeness (QED) is 0.602. The maximum atomic E-state index is 12.5. The summed E-state index contributed by atoms with van der Waals surface area (Å²) < 4.78 is 7.40. The number of carbonyl (C=O) groups is 1. The highest BCUT2D eigenvalue weighted by molar-refractivity contribution is 5.99. The van der Waals surface area contributed by atoms with Crippen molar-refractivity contribution in [2.75, 3.05) is 0 Å². The Kier molecular flexibility index (Phi) is 4.30. The van der Waals surface area contributed by atoms with E-state index in [9.17, 15) is 4.79 Å². The number of nitrogens with one attached hydrogen (secondary N) is 1. The molecule has 0 saturated carbocycles. The zero-order valence-corrected chi connectivity index (χ0v) is 13.9. The van der Waals surface area contributed by atoms with Crippen molar-refractivity contribution in [3.63, 3.8) is 0 Å². The highest BCUT2D eigenvalue weighted by Crippen LogP contribution is 2.21. The molecule has 0 fully saturated rings. The molecule has 4 rings (SSSR count). The second-order valence-corrected chi connectivity index (χ2v) is 5.70. The molecular formula is C20H16N4O2. The SMILES string of the molecule is O=C(NCc1cccc(Oc2ccccc2)c1)c1cccn2ncnc12. The van der Waals surface area contributed by atoms with E-state index >= 15 is 0 Å². The Morgan fingerprint density at radius 1 is 1.00 bits per heavy atom. The number of nitrogens with zero attached hydrogens (tertiary/aromatic N) is 3. The molecule has 0 aliphatic rings. The van der Waals surface area contributed by atoms with E-state index < -0.39 is 0 Å². The summed E-state index contributed by atoms with van der Waals surface area (Å²) in [5.74, 6) is 1.30. The van der Waals surface area contributed by atoms with Crippen molar-refractivity contribution in [3.05, 3.63) is 90.4 Å². The van der Waals surface area contributed by atoms with Gasteiger partial charge in [-0.1, -0.05) is 30.3 Å². The zero-order chi connectivity index (χ0) is 17.8. The van der Waals surface area contributed by atoms with Crippen LogP contribution >= 0.6 is 0 Å². The lowest BCUT2D eigenvalue weighted by atomic mass is 10.2. The predicted molar refractivity (Wildman–Crippen MR) is 97.1 cm³/mol. The number of ether oxygens (including phenoxy) is 1. The Balaban J connectivity index is 1.45. The largest absolute Gasteiger partial charge is 0.457 e. The fraction of sp³-hybridized carbons (Fsp3) is 0.0500. The van der Waals surface area contributed by atoms with Crippen LogP contribution in [0.1, 0.15) is 15.9 Å². The lowest BCUT2D eigenvalue weighted by Gasteiger charge is -2.09. The van der Waals surface area contributed by atoms with Gasteiger partial charge in [-0.15, -0.1) is 0 Å². The van der Waals surface area contributed by atoms with E-state index in [0.717, 1.165) is 17.1 Å². The third kappa shape index (κ3) is 3.39. The summed E-state index contributed by atoms with van der Waals surface area (Å²) >= 11 is 0. The lowest BCUT2D eigenvalue weighted by molar-refractivity contribution is 0.0952. The number of hydrogen-bond acceptors (Lipinski definition) is 4. The molecule has 2 heterocycles. The predicted octanol–water partition coefficient (Wildman–Crippen LogP) is 3.45. The maximum Gasteiger partial charge on any atom is 0.255 e. The first-order chi connectivity index (χ1) is 12.8. The molecule has 26 heavy (non-hydrogen) atoms. The van der Waals surface area contributed by atoms with E-state index in [1.165, 1.54) is 6.33 Å². The Labute approximate surface area is 150 Å². The average molecular weight is 344 g/mol. The van der Waals surface area contributed by atoms with Gasteiger partial charge in [-0.25, -0.2) is 9.50 Å². The Morgan fingerprint density at radius 3 is 2.73 bits per heavy atom. The first kappa shape index (κ1) is 15.8. The molecule has 1 amide bonds. The van der Waals surface area contributed by atoms with Crippen molar-refractivity contribution in [2.24, 2.45) is 0 Å². The summed E-state index contributed by atoms with van der Waals surface area (Å²) in [7, 11) is 0. The summed E-state index contributed by atoms with van der Waals surface area (Å²) in [4.78, 5) is 16.6. The van der Waals surface area contributed by atoms with E-state index in [4.69, 9.17) is 4.74 Å². The fourth-order valence-electron chi connectivity index (χ4n) is 2.65. The molecule has 0 atom stereocenters. The lowest BCUT2D eigenvalue weighted by Crippen LogP contribution is -2.23. The topological polar surface area (TPSA) is 68.5 Å². The van der Waals surface area contributed by atoms with Gasteiger partial charge in [0.15, 0.2) is 5.65 Å². The first-order valence-electron chi connectivity index (χ1n) is 8.18. The van der Waals surface area contributed by atoms with Gasteiger partial charge in [0.05, 0.1) is 5.56 Å². The highest BCUT2D eigenvalue weighted by Gasteiger charge is 2.11. The molecule has 4 aromatic rings. The van der Waals surface area contributed by atoms with Gasteiger partial charge in [0, 0.05) is 12.7 Å². The van der Waals surface area contributed by atoms with Crippen LogP contribution in [0.15, 0.2) is 79.3 Å². The highest BCUT2D eigenvalue weighted by atomic mass is 16.5. The van der Waals surface area contributed by atoms with Crippen molar-refractivity contribution < 1.29 is 9.53 Å². The molecule has 0 spiro atoms. The minimum absolute atomic E-state index is 0.196. The summed E-state index contributed by atoms with van der Waals surface area (Å²) in [6, 6.07) is 20.7. The third-order valence-corrected chi connectivity index (χ3v) is 3.88. The number of pyridine rings is 1. The monoisotopic (exact) mass is 344 g/mol. The van der Waals surface area contributed by atoms with Gasteiger partial charge in [-0.05, 0) is 42.0 Å². The van der Waals surface area contributed by atoms with Crippen LogP contribution in [-0.4, -0.2) is 20.5 Å². The average Bonchev–Trinajstić information content (AvgIpc) is 3.16. The van der Waals surface area contributed by atoms with Crippen LogP contribution < -0.4 is 10.1 Å². The summed E-state index contributed by atoms with van der Waals surface area (Å²) in [6.45, 7) is 0.389. The van der Waals surface area contributed by atoms with Crippen molar-refractivity contribution in [1.29, 1.82) is 0 Å². The van der Waals surface area contributed by atoms with Gasteiger partial charge < -0.3 is 10.1 Å². The minimum Gasteiger partial charge on any atom is -0.457 e. The molecule has 0 unspecified atom stereocenters. The molecular weight excluding hydrogens is 328 g/mol. The zero-order valence-electron chi connectivity index (χ0n) is 13.9. The Hall–Kier alpha value is -3.67. The van der Waals surface area contributed by atoms with Crippen LogP contribution in [0.5, 0.6) is 11.5 Å². The van der Waals surface area contributed by atoms with Gasteiger partial charge in [0.25, 0.3) is 5.91 Å². The summed E-state index contributed by atoms with van der Waals surface area (Å²) in [5, 5.41) is 6.95. The number of para-hydroxylation sites is 1. The Bertz CT molecular complexity index is 1040. The number of carbonyl (C=O) groups excluding carboxylic acids is 1. The number of fused-ring (bicyclic) bond motifs is 1. The molecule has 6 heteroatoms. The standard InChI is InChI=1S/C20H16N4O2/c25-20(18-10-5-11-24-19(18)22-14-23-24)21-13-15-6-4-9-17(12-15)26-16-7-2-1-3-8-16/h1-12,14H,13H2,(H,21,25). The van der Waals surface area contributed by atoms with E-state index in [1.807, 2.05) is 54.6 Å². The van der Waals surface area contributed by atoms with Crippen molar-refractivity contribution in [1.82, 2.24) is 19.9 Å². The van der Waals surface area contributed by atoms with Crippen molar-refractivity contribution in [2.45, 2.75) is 6.54 Å². The molecule has 0 radical (unpaired) electrons. The van der Waals surface area contributed by atoms with E-state index in [0.29, 0.717) is 17.8 Å². The van der Waals surface area contributed by atoms with Crippen LogP contribution in [0.4, 0.5) is 0 Å². The van der Waals surface area contributed by atoms with Gasteiger partial charge in [0.2, 0.25) is 0 Å². The van der Waals surface area contributed by atoms with Crippen LogP contribution in [0, 0.1) is 0 Å². The summed E-state index contributed by atoms with van der Waals surface area (Å²) in [6.07, 6.45) is 3.18. The van der Waals surface area contributed by atoms with E-state index in [2.05, 4.69) is 15.4 Å². The summed E-state index contributed by atoms with van der Waals surface area (Å²) in [5.41, 5.74) is 1.97. The number of rotatable bonds is 5. The maximum absolute atomic E-state index is 12.5. The van der Waals surface area contributed by atoms with E-state index in [-0.39, 0.29) is 5.91 Å². The molecule has 0 saturated heterocycles. The third-order valence-electron chi connectivity index (χ3n) is 3.88. The molecule has 0 aliphatic heterocycles. The minimum atomic E-state index is -0.196. The molecule has 0 bridgehead atoms. The van der Waals surface area contributed by atoms with Gasteiger partial charge in [-0.2, -0.15) is 5.10 Å². The number of aromatic nitrogens is 3. The van der Waals surface area contributed by atoms with Crippen molar-refractivity contribution in [3.8, 4) is 11.5 Å². The van der Waals surface area contributed by atoms with Crippen LogP contribution in [-0.2, 0) is 6.54 Å². The molecule has 1 N–H and O–H groups in total. The number of hydrogen-bond donors (Lipinski definition) is 1. The number of benzene rings is 2. The molecule has 6 nitrogen and oxygen atoms in total. The van der Waals surface area contributed by atoms with Gasteiger partial charge in [0.1, 0.15) is 17.8 Å². The smallest absolute Gasteiger partial charge is 0.255 e. The van der Waals surface area contributed by atoms with Gasteiger partial charge in [-0.3, -0.25) is 4.79 Å². The second-order valence-electron chi connectivity index (χ2n) is 5.70. The normalized spacial score (nSPS) is 10.6. The molecule has 2 aromatic heterocycles. The van der Waals surface area contributed by atoms with Crippen molar-refractivity contribution >= 4 is 11.6 Å². The first-order valence-corrected chi connectivity index (χ1v) is 8.18. The van der Waals surface area contributed by atoms with Crippen LogP contribution in [0.3, 0.4) is 0 Å². The number of amides is 1. The fourth-order valence-corrected chi connectivity index (χ4v) is 2.65. The molecule has 128 valence electrons. The van der Waals surface area contributed by atoms with Gasteiger partial charge >= 0.3 is 0 Å². The van der Waals surface area contributed by atoms with Crippen LogP contribution in [0.25, 0.3) is 5.65 Å². The van der Waals surface area contributed by atoms with Crippen LogP contribution in [0.2, 0.25) is 0 Å². The Morgan fingerprint density at radius 2 is 1.85 bits per heavy atom. The molecule has 2 aromatic carbocycles. The molecule has 0 aliphatic carbocycles. The second kappa shape index (κ2) is 7.06. The van der Waals surface area contributed by atoms with E-state index in [1.54, 1.807) is 22.8 Å².